The maximum Gasteiger partial charge on any atom is 0.0640 e. The monoisotopic (exact) mass is 774 g/mol. The molecule has 0 radical (unpaired) electrons. The normalized spacial score (nSPS) is 11.8. The van der Waals surface area contributed by atoms with E-state index in [0.29, 0.717) is 0 Å². The molecule has 0 saturated heterocycles. The van der Waals surface area contributed by atoms with Crippen LogP contribution in [0, 0.1) is 0 Å². The van der Waals surface area contributed by atoms with Gasteiger partial charge in [0.05, 0.1) is 32.8 Å². The summed E-state index contributed by atoms with van der Waals surface area (Å²) in [4.78, 5) is 2.49. The van der Waals surface area contributed by atoms with Crippen LogP contribution in [0.5, 0.6) is 0 Å². The van der Waals surface area contributed by atoms with Gasteiger partial charge in [-0.15, -0.1) is 22.7 Å². The minimum atomic E-state index is 1.13. The zero-order valence-corrected chi connectivity index (χ0v) is 33.0. The summed E-state index contributed by atoms with van der Waals surface area (Å²) < 4.78 is 7.62. The number of para-hydroxylation sites is 3. The highest BCUT2D eigenvalue weighted by molar-refractivity contribution is 7.26. The van der Waals surface area contributed by atoms with Crippen molar-refractivity contribution in [2.75, 3.05) is 4.90 Å². The largest absolute Gasteiger partial charge is 0.309 e. The summed E-state index contributed by atoms with van der Waals surface area (Å²) >= 11 is 3.74. The van der Waals surface area contributed by atoms with Gasteiger partial charge in [0.2, 0.25) is 0 Å². The van der Waals surface area contributed by atoms with Gasteiger partial charge in [-0.1, -0.05) is 140 Å². The van der Waals surface area contributed by atoms with Gasteiger partial charge in [-0.05, 0) is 83.4 Å². The molecule has 4 heteroatoms. The van der Waals surface area contributed by atoms with Crippen LogP contribution in [0.2, 0.25) is 0 Å². The zero-order chi connectivity index (χ0) is 38.2. The van der Waals surface area contributed by atoms with Crippen LogP contribution >= 0.6 is 22.7 Å². The van der Waals surface area contributed by atoms with Gasteiger partial charge < -0.3 is 9.47 Å². The Kier molecular flexibility index (Phi) is 7.62. The fraction of sp³-hybridized carbons (Fsp3) is 0. The molecule has 0 amide bonds. The van der Waals surface area contributed by atoms with E-state index in [0.717, 1.165) is 5.69 Å². The fourth-order valence-corrected chi connectivity index (χ4v) is 11.4. The van der Waals surface area contributed by atoms with E-state index in [2.05, 4.69) is 216 Å². The molecule has 0 saturated carbocycles. The van der Waals surface area contributed by atoms with Crippen LogP contribution in [0.4, 0.5) is 17.1 Å². The molecule has 0 fully saturated rings. The van der Waals surface area contributed by atoms with Gasteiger partial charge in [0.25, 0.3) is 0 Å². The van der Waals surface area contributed by atoms with Gasteiger partial charge in [0.1, 0.15) is 0 Å². The molecule has 58 heavy (non-hydrogen) atoms. The molecule has 0 atom stereocenters. The van der Waals surface area contributed by atoms with Crippen molar-refractivity contribution in [3.8, 4) is 27.9 Å². The molecule has 0 N–H and O–H groups in total. The van der Waals surface area contributed by atoms with Crippen LogP contribution in [0.1, 0.15) is 0 Å². The van der Waals surface area contributed by atoms with Crippen molar-refractivity contribution < 1.29 is 0 Å². The third-order valence-electron chi connectivity index (χ3n) is 11.6. The first-order chi connectivity index (χ1) is 28.8. The van der Waals surface area contributed by atoms with Crippen LogP contribution < -0.4 is 4.90 Å². The van der Waals surface area contributed by atoms with Crippen molar-refractivity contribution in [2.45, 2.75) is 0 Å². The Hall–Kier alpha value is -6.98. The van der Waals surface area contributed by atoms with Gasteiger partial charge in [-0.25, -0.2) is 0 Å². The Bertz CT molecular complexity index is 3480. The molecule has 3 aromatic heterocycles. The van der Waals surface area contributed by atoms with Gasteiger partial charge in [0.15, 0.2) is 0 Å². The summed E-state index contributed by atoms with van der Waals surface area (Å²) in [5.74, 6) is 0. The molecule has 0 unspecified atom stereocenters. The fourth-order valence-electron chi connectivity index (χ4n) is 9.02. The van der Waals surface area contributed by atoms with Crippen molar-refractivity contribution in [3.05, 3.63) is 206 Å². The summed E-state index contributed by atoms with van der Waals surface area (Å²) in [6, 6.07) is 75.6. The van der Waals surface area contributed by atoms with E-state index in [4.69, 9.17) is 0 Å². The number of benzene rings is 9. The molecule has 9 aromatic carbocycles. The van der Waals surface area contributed by atoms with E-state index in [9.17, 15) is 0 Å². The van der Waals surface area contributed by atoms with Gasteiger partial charge in [-0.3, -0.25) is 0 Å². The van der Waals surface area contributed by atoms with E-state index in [1.807, 2.05) is 22.7 Å². The lowest BCUT2D eigenvalue weighted by atomic mass is 9.97. The predicted molar refractivity (Wildman–Crippen MR) is 252 cm³/mol. The van der Waals surface area contributed by atoms with Gasteiger partial charge in [0, 0.05) is 57.7 Å². The molecule has 2 nitrogen and oxygen atoms in total. The average Bonchev–Trinajstić information content (AvgIpc) is 3.97. The lowest BCUT2D eigenvalue weighted by Crippen LogP contribution is -2.10. The summed E-state index contributed by atoms with van der Waals surface area (Å²) in [6.45, 7) is 0. The SMILES string of the molecule is c1cc(-c2ccc(N(c3cccc4c3sc3ccccc34)c3cccc4sc5ccccc5c34)cc2)cc(-c2ccccc2-n2c3ccccc3c3ccccc32)c1. The second-order valence-corrected chi connectivity index (χ2v) is 17.0. The number of aromatic nitrogens is 1. The van der Waals surface area contributed by atoms with Crippen LogP contribution in [-0.2, 0) is 0 Å². The number of rotatable bonds is 6. The maximum absolute atomic E-state index is 2.49. The predicted octanol–water partition coefficient (Wildman–Crippen LogP) is 16.3. The van der Waals surface area contributed by atoms with E-state index in [1.165, 1.54) is 101 Å². The van der Waals surface area contributed by atoms with E-state index >= 15 is 0 Å². The van der Waals surface area contributed by atoms with E-state index in [1.54, 1.807) is 0 Å². The van der Waals surface area contributed by atoms with Crippen LogP contribution in [0.3, 0.4) is 0 Å². The summed E-state index contributed by atoms with van der Waals surface area (Å²) in [7, 11) is 0. The molecule has 0 bridgehead atoms. The number of nitrogens with zero attached hydrogens (tertiary/aromatic N) is 2. The minimum Gasteiger partial charge on any atom is -0.309 e. The highest BCUT2D eigenvalue weighted by Crippen LogP contribution is 2.49. The first-order valence-electron chi connectivity index (χ1n) is 19.7. The lowest BCUT2D eigenvalue weighted by Gasteiger charge is -2.27. The minimum absolute atomic E-state index is 1.13. The molecule has 12 aromatic rings. The summed E-state index contributed by atoms with van der Waals surface area (Å²) in [6.07, 6.45) is 0. The molecule has 0 aliphatic carbocycles. The number of hydrogen-bond acceptors (Lipinski definition) is 3. The second kappa shape index (κ2) is 13.3. The number of anilines is 3. The molecule has 0 spiro atoms. The van der Waals surface area contributed by atoms with E-state index < -0.39 is 0 Å². The molecular formula is C54H34N2S2. The number of hydrogen-bond donors (Lipinski definition) is 0. The molecule has 3 heterocycles. The third kappa shape index (κ3) is 5.16. The molecule has 12 rings (SSSR count). The molecule has 272 valence electrons. The van der Waals surface area contributed by atoms with Crippen molar-refractivity contribution in [1.29, 1.82) is 0 Å². The zero-order valence-electron chi connectivity index (χ0n) is 31.3. The quantitative estimate of drug-likeness (QED) is 0.163. The average molecular weight is 775 g/mol. The molecule has 0 aliphatic heterocycles. The maximum atomic E-state index is 2.49. The van der Waals surface area contributed by atoms with Crippen LogP contribution in [0.25, 0.3) is 90.1 Å². The highest BCUT2D eigenvalue weighted by atomic mass is 32.1. The smallest absolute Gasteiger partial charge is 0.0640 e. The second-order valence-electron chi connectivity index (χ2n) is 14.9. The Morgan fingerprint density at radius 2 is 0.931 bits per heavy atom. The van der Waals surface area contributed by atoms with Crippen LogP contribution in [-0.4, -0.2) is 4.57 Å². The Balaban J connectivity index is 1.000. The third-order valence-corrected chi connectivity index (χ3v) is 13.9. The van der Waals surface area contributed by atoms with Crippen molar-refractivity contribution in [1.82, 2.24) is 4.57 Å². The Labute approximate surface area is 343 Å². The van der Waals surface area contributed by atoms with Crippen molar-refractivity contribution in [2.24, 2.45) is 0 Å². The van der Waals surface area contributed by atoms with E-state index in [-0.39, 0.29) is 0 Å². The standard InChI is InChI=1S/C54H34N2S2/c1-6-22-45(56-46-23-7-2-17-40(46)41-18-3-8-24-47(41)56)39(16-1)37-15-11-14-36(34-37)35-30-32-38(33-31-35)55(48-25-13-29-52-53(48)44-20-5-10-28-51(44)57-52)49-26-12-21-43-42-19-4-9-27-50(42)58-54(43)49/h1-34H. The van der Waals surface area contributed by atoms with Gasteiger partial charge >= 0.3 is 0 Å². The molecular weight excluding hydrogens is 741 g/mol. The topological polar surface area (TPSA) is 8.17 Å². The first-order valence-corrected chi connectivity index (χ1v) is 21.3. The summed E-state index contributed by atoms with van der Waals surface area (Å²) in [5, 5.41) is 7.71. The number of fused-ring (bicyclic) bond motifs is 9. The first kappa shape index (κ1) is 33.2. The van der Waals surface area contributed by atoms with Crippen LogP contribution in [0.15, 0.2) is 206 Å². The number of thiophene rings is 2. The van der Waals surface area contributed by atoms with Gasteiger partial charge in [-0.2, -0.15) is 0 Å². The van der Waals surface area contributed by atoms with Crippen molar-refractivity contribution >= 4 is 102 Å². The Morgan fingerprint density at radius 1 is 0.362 bits per heavy atom. The van der Waals surface area contributed by atoms with Crippen molar-refractivity contribution in [3.63, 3.8) is 0 Å². The highest BCUT2D eigenvalue weighted by Gasteiger charge is 2.22. The molecule has 0 aliphatic rings. The Morgan fingerprint density at radius 3 is 1.72 bits per heavy atom. The lowest BCUT2D eigenvalue weighted by molar-refractivity contribution is 1.18. The summed E-state index contributed by atoms with van der Waals surface area (Å²) in [5.41, 5.74) is 11.9.